The van der Waals surface area contributed by atoms with Crippen molar-refractivity contribution in [3.8, 4) is 0 Å². The van der Waals surface area contributed by atoms with Gasteiger partial charge >= 0.3 is 11.9 Å². The monoisotopic (exact) mass is 952 g/mol. The lowest BCUT2D eigenvalue weighted by molar-refractivity contribution is -0.870. The number of phosphoric acid groups is 1. The van der Waals surface area contributed by atoms with Crippen LogP contribution >= 0.6 is 7.82 Å². The van der Waals surface area contributed by atoms with Crippen molar-refractivity contribution in [2.45, 2.75) is 180 Å². The number of carbonyl (C=O) groups excluding carboxylic acids is 2. The van der Waals surface area contributed by atoms with E-state index in [4.69, 9.17) is 18.5 Å². The van der Waals surface area contributed by atoms with Crippen LogP contribution in [0.2, 0.25) is 0 Å². The number of carbonyl (C=O) groups is 2. The molecule has 2 unspecified atom stereocenters. The highest BCUT2D eigenvalue weighted by molar-refractivity contribution is 7.45. The van der Waals surface area contributed by atoms with Gasteiger partial charge in [0.2, 0.25) is 0 Å². The molecule has 0 saturated carbocycles. The van der Waals surface area contributed by atoms with Gasteiger partial charge in [-0.2, -0.15) is 0 Å². The van der Waals surface area contributed by atoms with E-state index < -0.39 is 32.5 Å². The number of ether oxygens (including phenoxy) is 2. The summed E-state index contributed by atoms with van der Waals surface area (Å²) < 4.78 is 33.8. The Bertz CT molecular complexity index is 1540. The van der Waals surface area contributed by atoms with Crippen molar-refractivity contribution < 1.29 is 42.1 Å². The fourth-order valence-corrected chi connectivity index (χ4v) is 7.00. The van der Waals surface area contributed by atoms with Crippen LogP contribution in [0.5, 0.6) is 0 Å². The third-order valence-corrected chi connectivity index (χ3v) is 11.2. The highest BCUT2D eigenvalue weighted by Crippen LogP contribution is 2.38. The Hall–Kier alpha value is -3.59. The highest BCUT2D eigenvalue weighted by Gasteiger charge is 2.21. The fraction of sp³-hybridized carbons (Fsp3) is 0.614. The second kappa shape index (κ2) is 47.5. The number of nitrogens with zero attached hydrogens (tertiary/aromatic N) is 1. The summed E-state index contributed by atoms with van der Waals surface area (Å²) in [6.45, 7) is 4.02. The van der Waals surface area contributed by atoms with E-state index in [1.165, 1.54) is 25.7 Å². The smallest absolute Gasteiger partial charge is 0.306 e. The van der Waals surface area contributed by atoms with Gasteiger partial charge in [-0.1, -0.05) is 193 Å². The zero-order valence-corrected chi connectivity index (χ0v) is 43.7. The average molecular weight is 952 g/mol. The standard InChI is InChI=1S/C57H94NO8P/c1-6-8-10-12-14-16-17-18-19-20-21-22-23-24-25-26-27-28-29-30-31-32-33-34-35-36-37-38-39-40-41-42-44-46-48-50-57(60)66-55(54-65-67(61,62)64-52-51-58(3,4)5)53-63-56(59)49-47-45-43-15-13-11-9-7-2/h8,10,14,16,18-19,21-22,24-25,27-28,30-31,33-34,36-37,39-40,55H,6-7,9,11-13,15,17,20,23,26,29,32,35,38,41-54H2,1-5H3/b10-8-,16-14-,19-18-,22-21-,25-24-,28-27-,31-30-,34-33-,37-36-,40-39-. The second-order valence-corrected chi connectivity index (χ2v) is 19.2. The lowest BCUT2D eigenvalue weighted by atomic mass is 10.1. The molecule has 0 fully saturated rings. The zero-order valence-electron chi connectivity index (χ0n) is 42.8. The van der Waals surface area contributed by atoms with E-state index >= 15 is 0 Å². The molecule has 0 saturated heterocycles. The summed E-state index contributed by atoms with van der Waals surface area (Å²) in [5.74, 6) is -0.879. The number of hydrogen-bond donors (Lipinski definition) is 0. The molecule has 380 valence electrons. The summed E-state index contributed by atoms with van der Waals surface area (Å²) in [6.07, 6.45) is 66.9. The van der Waals surface area contributed by atoms with Crippen molar-refractivity contribution in [2.24, 2.45) is 0 Å². The number of quaternary nitrogens is 1. The molecule has 0 aromatic heterocycles. The van der Waals surface area contributed by atoms with Crippen LogP contribution in [0.15, 0.2) is 122 Å². The Labute approximate surface area is 409 Å². The van der Waals surface area contributed by atoms with Crippen LogP contribution in [-0.2, 0) is 32.7 Å². The minimum Gasteiger partial charge on any atom is -0.756 e. The Morgan fingerprint density at radius 2 is 0.851 bits per heavy atom. The van der Waals surface area contributed by atoms with Crippen LogP contribution in [0.3, 0.4) is 0 Å². The molecule has 0 aromatic rings. The van der Waals surface area contributed by atoms with Gasteiger partial charge < -0.3 is 27.9 Å². The summed E-state index contributed by atoms with van der Waals surface area (Å²) >= 11 is 0. The molecule has 0 bridgehead atoms. The van der Waals surface area contributed by atoms with Crippen molar-refractivity contribution in [3.05, 3.63) is 122 Å². The van der Waals surface area contributed by atoms with Crippen molar-refractivity contribution in [1.82, 2.24) is 0 Å². The first-order valence-corrected chi connectivity index (χ1v) is 27.2. The molecule has 0 aromatic carbocycles. The van der Waals surface area contributed by atoms with Gasteiger partial charge in [-0.25, -0.2) is 0 Å². The van der Waals surface area contributed by atoms with Crippen LogP contribution in [-0.4, -0.2) is 70.0 Å². The van der Waals surface area contributed by atoms with Crippen molar-refractivity contribution >= 4 is 19.8 Å². The fourth-order valence-electron chi connectivity index (χ4n) is 6.27. The molecular formula is C57H94NO8P. The first-order valence-electron chi connectivity index (χ1n) is 25.7. The first kappa shape index (κ1) is 63.4. The Balaban J connectivity index is 4.19. The number of allylic oxidation sites excluding steroid dienone is 20. The maximum absolute atomic E-state index is 12.7. The summed E-state index contributed by atoms with van der Waals surface area (Å²) in [5, 5.41) is 0. The molecular weight excluding hydrogens is 858 g/mol. The van der Waals surface area contributed by atoms with Gasteiger partial charge in [-0.15, -0.1) is 0 Å². The molecule has 0 rings (SSSR count). The predicted molar refractivity (Wildman–Crippen MR) is 281 cm³/mol. The number of hydrogen-bond acceptors (Lipinski definition) is 8. The topological polar surface area (TPSA) is 111 Å². The summed E-state index contributed by atoms with van der Waals surface area (Å²) in [7, 11) is 1.13. The largest absolute Gasteiger partial charge is 0.756 e. The number of unbranched alkanes of at least 4 members (excludes halogenated alkanes) is 11. The first-order chi connectivity index (χ1) is 32.5. The van der Waals surface area contributed by atoms with Gasteiger partial charge in [0.1, 0.15) is 19.8 Å². The van der Waals surface area contributed by atoms with E-state index in [-0.39, 0.29) is 26.1 Å². The molecule has 0 radical (unpaired) electrons. The van der Waals surface area contributed by atoms with E-state index in [0.717, 1.165) is 116 Å². The molecule has 0 aliphatic carbocycles. The molecule has 0 aliphatic heterocycles. The van der Waals surface area contributed by atoms with E-state index in [2.05, 4.69) is 135 Å². The molecule has 0 spiro atoms. The van der Waals surface area contributed by atoms with Gasteiger partial charge in [0.05, 0.1) is 27.7 Å². The van der Waals surface area contributed by atoms with E-state index in [0.29, 0.717) is 17.4 Å². The third kappa shape index (κ3) is 51.6. The summed E-state index contributed by atoms with van der Waals surface area (Å²) in [4.78, 5) is 37.5. The zero-order chi connectivity index (χ0) is 49.2. The molecule has 2 atom stereocenters. The molecule has 10 heteroatoms. The third-order valence-electron chi connectivity index (χ3n) is 10.2. The summed E-state index contributed by atoms with van der Waals surface area (Å²) in [5.41, 5.74) is 0. The molecule has 0 N–H and O–H groups in total. The normalized spacial score (nSPS) is 14.4. The van der Waals surface area contributed by atoms with Gasteiger partial charge in [0, 0.05) is 12.8 Å². The molecule has 67 heavy (non-hydrogen) atoms. The minimum atomic E-state index is -4.64. The predicted octanol–water partition coefficient (Wildman–Crippen LogP) is 15.0. The minimum absolute atomic E-state index is 0.0419. The van der Waals surface area contributed by atoms with Gasteiger partial charge in [0.25, 0.3) is 7.82 Å². The molecule has 0 aliphatic rings. The molecule has 0 heterocycles. The Kier molecular flexibility index (Phi) is 44.9. The Morgan fingerprint density at radius 1 is 0.478 bits per heavy atom. The molecule has 0 amide bonds. The second-order valence-electron chi connectivity index (χ2n) is 17.8. The quantitative estimate of drug-likeness (QED) is 0.0195. The van der Waals surface area contributed by atoms with Crippen molar-refractivity contribution in [2.75, 3.05) is 47.5 Å². The Morgan fingerprint density at radius 3 is 1.27 bits per heavy atom. The van der Waals surface area contributed by atoms with Crippen LogP contribution < -0.4 is 4.89 Å². The number of esters is 2. The summed E-state index contributed by atoms with van der Waals surface area (Å²) in [6, 6.07) is 0. The van der Waals surface area contributed by atoms with Crippen molar-refractivity contribution in [3.63, 3.8) is 0 Å². The maximum Gasteiger partial charge on any atom is 0.306 e. The lowest BCUT2D eigenvalue weighted by Gasteiger charge is -2.28. The highest BCUT2D eigenvalue weighted by atomic mass is 31.2. The van der Waals surface area contributed by atoms with E-state index in [1.807, 2.05) is 21.1 Å². The lowest BCUT2D eigenvalue weighted by Crippen LogP contribution is -2.37. The van der Waals surface area contributed by atoms with Crippen molar-refractivity contribution in [1.29, 1.82) is 0 Å². The number of rotatable bonds is 45. The van der Waals surface area contributed by atoms with Gasteiger partial charge in [0.15, 0.2) is 6.10 Å². The number of likely N-dealkylation sites (N-methyl/N-ethyl adjacent to an activating group) is 1. The number of phosphoric ester groups is 1. The van der Waals surface area contributed by atoms with Crippen LogP contribution in [0.4, 0.5) is 0 Å². The SMILES string of the molecule is CC/C=C\C/C=C\C/C=C\C/C=C\C/C=C\C/C=C\C/C=C\C/C=C\C/C=C\C/C=C\CCCCCCC(=O)OC(COC(=O)CCCCCCCCCC)COP(=O)([O-])OCC[N+](C)(C)C. The van der Waals surface area contributed by atoms with E-state index in [1.54, 1.807) is 0 Å². The van der Waals surface area contributed by atoms with Gasteiger partial charge in [-0.3, -0.25) is 14.2 Å². The van der Waals surface area contributed by atoms with Gasteiger partial charge in [-0.05, 0) is 89.9 Å². The van der Waals surface area contributed by atoms with Crippen LogP contribution in [0.25, 0.3) is 0 Å². The average Bonchev–Trinajstić information content (AvgIpc) is 3.29. The van der Waals surface area contributed by atoms with Crippen LogP contribution in [0.1, 0.15) is 174 Å². The molecule has 9 nitrogen and oxygen atoms in total. The maximum atomic E-state index is 12.7. The van der Waals surface area contributed by atoms with E-state index in [9.17, 15) is 19.0 Å². The van der Waals surface area contributed by atoms with Crippen LogP contribution in [0, 0.1) is 0 Å².